The highest BCUT2D eigenvalue weighted by molar-refractivity contribution is 5.11. The lowest BCUT2D eigenvalue weighted by molar-refractivity contribution is -0.258. The Hall–Kier alpha value is -0.120. The van der Waals surface area contributed by atoms with Crippen LogP contribution < -0.4 is 0 Å². The molecule has 0 aromatic carbocycles. The van der Waals surface area contributed by atoms with Crippen molar-refractivity contribution in [3.05, 3.63) is 0 Å². The molecule has 142 valence electrons. The first-order chi connectivity index (χ1) is 11.9. The maximum absolute atomic E-state index is 10.6. The highest BCUT2D eigenvalue weighted by Crippen LogP contribution is 2.68. The molecule has 1 aliphatic heterocycles. The van der Waals surface area contributed by atoms with Gasteiger partial charge in [-0.3, -0.25) is 0 Å². The van der Waals surface area contributed by atoms with Gasteiger partial charge in [-0.05, 0) is 79.4 Å². The molecule has 3 heteroatoms. The Kier molecular flexibility index (Phi) is 3.71. The van der Waals surface area contributed by atoms with Crippen molar-refractivity contribution in [1.29, 1.82) is 0 Å². The number of ether oxygens (including phenoxy) is 2. The van der Waals surface area contributed by atoms with E-state index in [9.17, 15) is 5.11 Å². The Bertz CT molecular complexity index is 541. The molecule has 3 nitrogen and oxygen atoms in total. The molecule has 5 aliphatic rings. The van der Waals surface area contributed by atoms with Crippen LogP contribution in [0.3, 0.4) is 0 Å². The standard InChI is InChI=1S/C22H36O3/c1-14-12-21(3)15(13-22(14)24-10-11-25-22)4-5-16-17-6-7-19(23)20(17,2)9-8-18(16)21/h14-19,23H,4-13H2,1-3H3/t14-,15+,16+,17+,18+,19+,20+,21+/m1/s1. The van der Waals surface area contributed by atoms with E-state index in [1.807, 2.05) is 0 Å². The van der Waals surface area contributed by atoms with Gasteiger partial charge >= 0.3 is 0 Å². The first kappa shape index (κ1) is 17.0. The molecule has 1 spiro atoms. The zero-order chi connectivity index (χ0) is 17.4. The Morgan fingerprint density at radius 2 is 1.56 bits per heavy atom. The van der Waals surface area contributed by atoms with E-state index in [2.05, 4.69) is 20.8 Å². The SMILES string of the molecule is C[C@@H]1C[C@@]2(C)[C@@H](CC[C@@H]3[C@@H]2CC[C@]2(C)[C@@H](O)CC[C@@H]32)CC12OCCO2. The third kappa shape index (κ3) is 2.15. The summed E-state index contributed by atoms with van der Waals surface area (Å²) >= 11 is 0. The lowest BCUT2D eigenvalue weighted by Gasteiger charge is -2.62. The van der Waals surface area contributed by atoms with Crippen molar-refractivity contribution in [3.63, 3.8) is 0 Å². The van der Waals surface area contributed by atoms with Crippen LogP contribution in [-0.2, 0) is 9.47 Å². The van der Waals surface area contributed by atoms with Gasteiger partial charge in [0, 0.05) is 12.3 Å². The second kappa shape index (κ2) is 5.45. The number of hydrogen-bond donors (Lipinski definition) is 1. The Labute approximate surface area is 152 Å². The minimum absolute atomic E-state index is 0.0576. The van der Waals surface area contributed by atoms with Gasteiger partial charge in [0.15, 0.2) is 5.79 Å². The first-order valence-corrected chi connectivity index (χ1v) is 10.8. The fourth-order valence-electron chi connectivity index (χ4n) is 8.39. The summed E-state index contributed by atoms with van der Waals surface area (Å²) in [6.07, 6.45) is 9.85. The summed E-state index contributed by atoms with van der Waals surface area (Å²) in [7, 11) is 0. The molecule has 0 radical (unpaired) electrons. The minimum atomic E-state index is -0.274. The fourth-order valence-corrected chi connectivity index (χ4v) is 8.39. The van der Waals surface area contributed by atoms with Crippen LogP contribution in [0.2, 0.25) is 0 Å². The van der Waals surface area contributed by atoms with Crippen LogP contribution in [0, 0.1) is 40.4 Å². The molecule has 5 fully saturated rings. The molecule has 1 saturated heterocycles. The summed E-state index contributed by atoms with van der Waals surface area (Å²) in [5.74, 6) is 3.41. The van der Waals surface area contributed by atoms with Crippen molar-refractivity contribution < 1.29 is 14.6 Å². The van der Waals surface area contributed by atoms with Gasteiger partial charge in [-0.25, -0.2) is 0 Å². The molecule has 4 saturated carbocycles. The van der Waals surface area contributed by atoms with E-state index in [4.69, 9.17) is 9.47 Å². The maximum Gasteiger partial charge on any atom is 0.171 e. The quantitative estimate of drug-likeness (QED) is 0.706. The van der Waals surface area contributed by atoms with E-state index in [1.165, 1.54) is 38.5 Å². The van der Waals surface area contributed by atoms with Gasteiger partial charge in [0.2, 0.25) is 0 Å². The third-order valence-corrected chi connectivity index (χ3v) is 9.82. The highest BCUT2D eigenvalue weighted by Gasteiger charge is 2.63. The Morgan fingerprint density at radius 3 is 2.32 bits per heavy atom. The Balaban J connectivity index is 1.43. The molecule has 8 atom stereocenters. The van der Waals surface area contributed by atoms with E-state index >= 15 is 0 Å². The van der Waals surface area contributed by atoms with Crippen LogP contribution in [0.1, 0.15) is 72.1 Å². The minimum Gasteiger partial charge on any atom is -0.393 e. The zero-order valence-electron chi connectivity index (χ0n) is 16.3. The average Bonchev–Trinajstić information content (AvgIpc) is 3.16. The van der Waals surface area contributed by atoms with E-state index < -0.39 is 0 Å². The molecule has 1 heterocycles. The van der Waals surface area contributed by atoms with Crippen LogP contribution in [0.15, 0.2) is 0 Å². The summed E-state index contributed by atoms with van der Waals surface area (Å²) in [5.41, 5.74) is 0.640. The molecular formula is C22H36O3. The van der Waals surface area contributed by atoms with Crippen molar-refractivity contribution in [3.8, 4) is 0 Å². The van der Waals surface area contributed by atoms with Crippen LogP contribution in [0.5, 0.6) is 0 Å². The van der Waals surface area contributed by atoms with E-state index in [1.54, 1.807) is 0 Å². The molecule has 0 aromatic heterocycles. The van der Waals surface area contributed by atoms with Crippen molar-refractivity contribution in [2.75, 3.05) is 13.2 Å². The number of hydrogen-bond acceptors (Lipinski definition) is 3. The smallest absolute Gasteiger partial charge is 0.171 e. The summed E-state index contributed by atoms with van der Waals surface area (Å²) in [5, 5.41) is 10.6. The largest absolute Gasteiger partial charge is 0.393 e. The predicted octanol–water partition coefficient (Wildman–Crippen LogP) is 4.38. The average molecular weight is 349 g/mol. The third-order valence-electron chi connectivity index (χ3n) is 9.82. The van der Waals surface area contributed by atoms with Gasteiger partial charge in [-0.15, -0.1) is 0 Å². The number of fused-ring (bicyclic) bond motifs is 5. The molecule has 4 aliphatic carbocycles. The molecular weight excluding hydrogens is 312 g/mol. The van der Waals surface area contributed by atoms with Crippen LogP contribution >= 0.6 is 0 Å². The molecule has 0 unspecified atom stereocenters. The highest BCUT2D eigenvalue weighted by atomic mass is 16.7. The van der Waals surface area contributed by atoms with E-state index in [0.29, 0.717) is 11.3 Å². The van der Waals surface area contributed by atoms with Gasteiger partial charge in [0.05, 0.1) is 19.3 Å². The topological polar surface area (TPSA) is 38.7 Å². The van der Waals surface area contributed by atoms with Crippen molar-refractivity contribution in [1.82, 2.24) is 0 Å². The zero-order valence-corrected chi connectivity index (χ0v) is 16.3. The molecule has 1 N–H and O–H groups in total. The summed E-state index contributed by atoms with van der Waals surface area (Å²) in [6.45, 7) is 8.90. The monoisotopic (exact) mass is 348 g/mol. The molecule has 5 rings (SSSR count). The molecule has 0 bridgehead atoms. The predicted molar refractivity (Wildman–Crippen MR) is 96.9 cm³/mol. The summed E-state index contributed by atoms with van der Waals surface area (Å²) < 4.78 is 12.3. The van der Waals surface area contributed by atoms with Gasteiger partial charge in [0.1, 0.15) is 0 Å². The lowest BCUT2D eigenvalue weighted by atomic mass is 9.44. The van der Waals surface area contributed by atoms with Crippen LogP contribution in [0.25, 0.3) is 0 Å². The number of rotatable bonds is 0. The van der Waals surface area contributed by atoms with Crippen LogP contribution in [0.4, 0.5) is 0 Å². The fraction of sp³-hybridized carbons (Fsp3) is 1.00. The van der Waals surface area contributed by atoms with Crippen molar-refractivity contribution >= 4 is 0 Å². The first-order valence-electron chi connectivity index (χ1n) is 10.8. The molecule has 0 amide bonds. The van der Waals surface area contributed by atoms with E-state index in [-0.39, 0.29) is 17.3 Å². The molecule has 0 aromatic rings. The maximum atomic E-state index is 10.6. The van der Waals surface area contributed by atoms with Crippen molar-refractivity contribution in [2.45, 2.75) is 84.0 Å². The van der Waals surface area contributed by atoms with Crippen LogP contribution in [-0.4, -0.2) is 30.2 Å². The Morgan fingerprint density at radius 1 is 0.840 bits per heavy atom. The number of aliphatic hydroxyl groups is 1. The second-order valence-electron chi connectivity index (χ2n) is 10.6. The van der Waals surface area contributed by atoms with E-state index in [0.717, 1.165) is 49.7 Å². The van der Waals surface area contributed by atoms with Gasteiger partial charge < -0.3 is 14.6 Å². The normalized spacial score (nSPS) is 57.1. The number of aliphatic hydroxyl groups excluding tert-OH is 1. The summed E-state index contributed by atoms with van der Waals surface area (Å²) in [6, 6.07) is 0. The van der Waals surface area contributed by atoms with Gasteiger partial charge in [0.25, 0.3) is 0 Å². The lowest BCUT2D eigenvalue weighted by Crippen LogP contribution is -2.58. The van der Waals surface area contributed by atoms with Gasteiger partial charge in [-0.1, -0.05) is 20.8 Å². The van der Waals surface area contributed by atoms with Gasteiger partial charge in [-0.2, -0.15) is 0 Å². The summed E-state index contributed by atoms with van der Waals surface area (Å²) in [4.78, 5) is 0. The van der Waals surface area contributed by atoms with Crippen molar-refractivity contribution in [2.24, 2.45) is 40.4 Å². The second-order valence-corrected chi connectivity index (χ2v) is 10.6. The molecule has 25 heavy (non-hydrogen) atoms.